The molecule has 1 N–H and O–H groups in total. The van der Waals surface area contributed by atoms with Gasteiger partial charge in [-0.15, -0.1) is 0 Å². The van der Waals surface area contributed by atoms with E-state index in [0.717, 1.165) is 28.0 Å². The molecular formula is C16H22BrClN2. The number of nitrogens with one attached hydrogen (secondary N) is 1. The number of piperidine rings is 1. The van der Waals surface area contributed by atoms with E-state index in [1.54, 1.807) is 0 Å². The maximum atomic E-state index is 6.05. The Bertz CT molecular complexity index is 452. The van der Waals surface area contributed by atoms with E-state index in [4.69, 9.17) is 11.6 Å². The predicted molar refractivity (Wildman–Crippen MR) is 88.2 cm³/mol. The largest absolute Gasteiger partial charge is 0.314 e. The van der Waals surface area contributed by atoms with Crippen LogP contribution in [0.5, 0.6) is 0 Å². The normalized spacial score (nSPS) is 25.2. The quantitative estimate of drug-likeness (QED) is 0.877. The molecule has 1 aromatic carbocycles. The molecule has 2 nitrogen and oxygen atoms in total. The fourth-order valence-corrected chi connectivity index (χ4v) is 4.07. The van der Waals surface area contributed by atoms with Crippen molar-refractivity contribution in [2.24, 2.45) is 5.92 Å². The first-order valence-corrected chi connectivity index (χ1v) is 8.79. The minimum absolute atomic E-state index is 0.791. The molecule has 1 atom stereocenters. The lowest BCUT2D eigenvalue weighted by Gasteiger charge is -2.35. The second-order valence-corrected chi connectivity index (χ2v) is 7.33. The van der Waals surface area contributed by atoms with Gasteiger partial charge in [0.25, 0.3) is 0 Å². The van der Waals surface area contributed by atoms with Gasteiger partial charge in [-0.25, -0.2) is 0 Å². The lowest BCUT2D eigenvalue weighted by Crippen LogP contribution is -2.40. The van der Waals surface area contributed by atoms with E-state index in [9.17, 15) is 0 Å². The number of hydrogen-bond acceptors (Lipinski definition) is 2. The van der Waals surface area contributed by atoms with E-state index in [2.05, 4.69) is 38.3 Å². The van der Waals surface area contributed by atoms with Crippen molar-refractivity contribution in [1.82, 2.24) is 10.2 Å². The molecule has 0 spiro atoms. The zero-order chi connectivity index (χ0) is 13.9. The van der Waals surface area contributed by atoms with Crippen molar-refractivity contribution in [2.45, 2.75) is 38.3 Å². The summed E-state index contributed by atoms with van der Waals surface area (Å²) in [7, 11) is 0. The van der Waals surface area contributed by atoms with Crippen LogP contribution < -0.4 is 5.32 Å². The lowest BCUT2D eigenvalue weighted by molar-refractivity contribution is 0.157. The molecule has 2 aliphatic rings. The molecule has 1 unspecified atom stereocenters. The molecule has 0 aromatic heterocycles. The second kappa shape index (κ2) is 6.78. The summed E-state index contributed by atoms with van der Waals surface area (Å²) in [5.41, 5.74) is 1.35. The van der Waals surface area contributed by atoms with Gasteiger partial charge < -0.3 is 5.32 Å². The maximum Gasteiger partial charge on any atom is 0.0548 e. The minimum Gasteiger partial charge on any atom is -0.314 e. The molecule has 1 aromatic rings. The highest BCUT2D eigenvalue weighted by Gasteiger charge is 2.28. The van der Waals surface area contributed by atoms with Crippen molar-refractivity contribution in [1.29, 1.82) is 0 Å². The van der Waals surface area contributed by atoms with Crippen LogP contribution in [-0.2, 0) is 6.54 Å². The Morgan fingerprint density at radius 1 is 1.25 bits per heavy atom. The molecule has 2 heterocycles. The average molecular weight is 358 g/mol. The van der Waals surface area contributed by atoms with Gasteiger partial charge in [-0.1, -0.05) is 17.7 Å². The Kier molecular flexibility index (Phi) is 5.03. The molecule has 0 radical (unpaired) electrons. The summed E-state index contributed by atoms with van der Waals surface area (Å²) in [6, 6.07) is 7.06. The summed E-state index contributed by atoms with van der Waals surface area (Å²) < 4.78 is 1.00. The Labute approximate surface area is 135 Å². The lowest BCUT2D eigenvalue weighted by atomic mass is 9.88. The van der Waals surface area contributed by atoms with E-state index in [1.807, 2.05) is 6.07 Å². The van der Waals surface area contributed by atoms with E-state index in [0.29, 0.717) is 0 Å². The van der Waals surface area contributed by atoms with E-state index < -0.39 is 0 Å². The van der Waals surface area contributed by atoms with E-state index >= 15 is 0 Å². The Balaban J connectivity index is 1.51. The first-order valence-electron chi connectivity index (χ1n) is 7.62. The molecule has 2 aliphatic heterocycles. The number of hydrogen-bond donors (Lipinski definition) is 1. The smallest absolute Gasteiger partial charge is 0.0548 e. The number of nitrogens with zero attached hydrogens (tertiary/aromatic N) is 1. The number of rotatable bonds is 3. The van der Waals surface area contributed by atoms with Gasteiger partial charge in [-0.05, 0) is 84.9 Å². The Hall–Kier alpha value is -0.0900. The molecule has 0 aliphatic carbocycles. The summed E-state index contributed by atoms with van der Waals surface area (Å²) in [6.45, 7) is 4.72. The molecule has 4 heteroatoms. The number of halogens is 2. The topological polar surface area (TPSA) is 15.3 Å². The van der Waals surface area contributed by atoms with Crippen LogP contribution in [0, 0.1) is 5.92 Å². The van der Waals surface area contributed by atoms with Crippen molar-refractivity contribution in [3.63, 3.8) is 0 Å². The standard InChI is InChI=1S/C16H22BrClN2/c17-14-10-12(3-4-15(14)18)11-20-8-5-13(6-9-20)16-2-1-7-19-16/h3-4,10,13,16,19H,1-2,5-9,11H2. The molecule has 2 saturated heterocycles. The van der Waals surface area contributed by atoms with Crippen LogP contribution in [0.3, 0.4) is 0 Å². The Morgan fingerprint density at radius 2 is 2.05 bits per heavy atom. The SMILES string of the molecule is Clc1ccc(CN2CCC(C3CCCN3)CC2)cc1Br. The third kappa shape index (κ3) is 3.56. The van der Waals surface area contributed by atoms with Gasteiger partial charge >= 0.3 is 0 Å². The molecule has 0 saturated carbocycles. The van der Waals surface area contributed by atoms with Crippen LogP contribution in [0.15, 0.2) is 22.7 Å². The summed E-state index contributed by atoms with van der Waals surface area (Å²) in [5, 5.41) is 4.46. The van der Waals surface area contributed by atoms with Crippen LogP contribution in [0.1, 0.15) is 31.2 Å². The maximum absolute atomic E-state index is 6.05. The molecule has 0 bridgehead atoms. The van der Waals surface area contributed by atoms with Crippen molar-refractivity contribution in [3.05, 3.63) is 33.3 Å². The summed E-state index contributed by atoms with van der Waals surface area (Å²) >= 11 is 9.55. The van der Waals surface area contributed by atoms with Gasteiger partial charge in [0.2, 0.25) is 0 Å². The minimum atomic E-state index is 0.791. The van der Waals surface area contributed by atoms with Crippen molar-refractivity contribution < 1.29 is 0 Å². The van der Waals surface area contributed by atoms with Crippen LogP contribution in [0.2, 0.25) is 5.02 Å². The average Bonchev–Trinajstić information content (AvgIpc) is 2.98. The van der Waals surface area contributed by atoms with Crippen molar-refractivity contribution in [3.8, 4) is 0 Å². The number of benzene rings is 1. The van der Waals surface area contributed by atoms with Crippen LogP contribution >= 0.6 is 27.5 Å². The van der Waals surface area contributed by atoms with Crippen LogP contribution in [-0.4, -0.2) is 30.6 Å². The summed E-state index contributed by atoms with van der Waals surface area (Å²) in [6.07, 6.45) is 5.43. The van der Waals surface area contributed by atoms with Gasteiger partial charge in [0.15, 0.2) is 0 Å². The first-order chi connectivity index (χ1) is 9.72. The molecule has 110 valence electrons. The molecule has 3 rings (SSSR count). The Morgan fingerprint density at radius 3 is 2.70 bits per heavy atom. The second-order valence-electron chi connectivity index (χ2n) is 6.06. The predicted octanol–water partition coefficient (Wildman–Crippen LogP) is 4.07. The fourth-order valence-electron chi connectivity index (χ4n) is 3.52. The van der Waals surface area contributed by atoms with Crippen molar-refractivity contribution in [2.75, 3.05) is 19.6 Å². The van der Waals surface area contributed by atoms with Gasteiger partial charge in [0.05, 0.1) is 5.02 Å². The molecular weight excluding hydrogens is 336 g/mol. The zero-order valence-corrected chi connectivity index (χ0v) is 14.1. The highest BCUT2D eigenvalue weighted by molar-refractivity contribution is 9.10. The monoisotopic (exact) mass is 356 g/mol. The summed E-state index contributed by atoms with van der Waals surface area (Å²) in [5.74, 6) is 0.894. The van der Waals surface area contributed by atoms with Crippen molar-refractivity contribution >= 4 is 27.5 Å². The third-order valence-corrected chi connectivity index (χ3v) is 5.90. The van der Waals surface area contributed by atoms with Gasteiger partial charge in [0, 0.05) is 17.1 Å². The zero-order valence-electron chi connectivity index (χ0n) is 11.7. The number of likely N-dealkylation sites (tertiary alicyclic amines) is 1. The van der Waals surface area contributed by atoms with Crippen LogP contribution in [0.25, 0.3) is 0 Å². The van der Waals surface area contributed by atoms with E-state index in [-0.39, 0.29) is 0 Å². The molecule has 0 amide bonds. The van der Waals surface area contributed by atoms with Gasteiger partial charge in [-0.3, -0.25) is 4.90 Å². The highest BCUT2D eigenvalue weighted by Crippen LogP contribution is 2.28. The highest BCUT2D eigenvalue weighted by atomic mass is 79.9. The van der Waals surface area contributed by atoms with E-state index in [1.165, 1.54) is 50.9 Å². The molecule has 2 fully saturated rings. The first kappa shape index (κ1) is 14.8. The van der Waals surface area contributed by atoms with Gasteiger partial charge in [0.1, 0.15) is 0 Å². The van der Waals surface area contributed by atoms with Gasteiger partial charge in [-0.2, -0.15) is 0 Å². The fraction of sp³-hybridized carbons (Fsp3) is 0.625. The molecule has 20 heavy (non-hydrogen) atoms. The third-order valence-electron chi connectivity index (χ3n) is 4.69. The van der Waals surface area contributed by atoms with Crippen LogP contribution in [0.4, 0.5) is 0 Å². The summed E-state index contributed by atoms with van der Waals surface area (Å²) in [4.78, 5) is 2.57.